The number of aldehydes is 1. The zero-order chi connectivity index (χ0) is 22.1. The van der Waals surface area contributed by atoms with Gasteiger partial charge in [0.25, 0.3) is 0 Å². The van der Waals surface area contributed by atoms with Crippen LogP contribution in [-0.2, 0) is 4.79 Å². The Labute approximate surface area is 171 Å². The third-order valence-corrected chi connectivity index (χ3v) is 4.69. The summed E-state index contributed by atoms with van der Waals surface area (Å²) < 4.78 is 0. The zero-order valence-corrected chi connectivity index (χ0v) is 17.1. The van der Waals surface area contributed by atoms with E-state index in [0.717, 1.165) is 32.0 Å². The number of aliphatic hydroxyl groups is 2. The van der Waals surface area contributed by atoms with Crippen molar-refractivity contribution in [2.24, 2.45) is 0 Å². The normalized spacial score (nSPS) is 16.0. The predicted octanol–water partition coefficient (Wildman–Crippen LogP) is 3.23. The SMILES string of the molecule is CCCCCC(C(O)CC(O)C(C/C=C\C/C=C\CCCC=O)[N+](=O)[O-])[N+](=O)[O-]. The van der Waals surface area contributed by atoms with E-state index in [4.69, 9.17) is 0 Å². The Bertz CT molecular complexity index is 537. The molecule has 9 heteroatoms. The number of rotatable bonds is 18. The maximum absolute atomic E-state index is 11.3. The Balaban J connectivity index is 4.57. The molecule has 166 valence electrons. The molecule has 0 aliphatic carbocycles. The third kappa shape index (κ3) is 12.8. The third-order valence-electron chi connectivity index (χ3n) is 4.69. The number of unbranched alkanes of at least 4 members (excludes halogenated alkanes) is 4. The van der Waals surface area contributed by atoms with Crippen LogP contribution in [-0.4, -0.2) is 50.6 Å². The number of carbonyl (C=O) groups is 1. The van der Waals surface area contributed by atoms with E-state index in [9.17, 15) is 35.2 Å². The van der Waals surface area contributed by atoms with Crippen molar-refractivity contribution >= 4 is 6.29 Å². The summed E-state index contributed by atoms with van der Waals surface area (Å²) in [6.07, 6.45) is 9.77. The van der Waals surface area contributed by atoms with Gasteiger partial charge >= 0.3 is 0 Å². The van der Waals surface area contributed by atoms with Crippen LogP contribution in [0.1, 0.15) is 71.1 Å². The first-order valence-electron chi connectivity index (χ1n) is 10.2. The van der Waals surface area contributed by atoms with Gasteiger partial charge in [-0.1, -0.05) is 44.1 Å². The molecule has 0 aromatic carbocycles. The minimum absolute atomic E-state index is 0.0289. The van der Waals surface area contributed by atoms with Crippen molar-refractivity contribution in [3.05, 3.63) is 44.5 Å². The van der Waals surface area contributed by atoms with E-state index in [-0.39, 0.29) is 12.8 Å². The molecule has 0 fully saturated rings. The lowest BCUT2D eigenvalue weighted by molar-refractivity contribution is -0.543. The number of hydrogen-bond donors (Lipinski definition) is 2. The van der Waals surface area contributed by atoms with Gasteiger partial charge in [-0.05, 0) is 25.7 Å². The molecular weight excluding hydrogens is 380 g/mol. The topological polar surface area (TPSA) is 144 Å². The molecule has 0 aromatic rings. The van der Waals surface area contributed by atoms with Crippen LogP contribution >= 0.6 is 0 Å². The smallest absolute Gasteiger partial charge is 0.242 e. The van der Waals surface area contributed by atoms with Crippen molar-refractivity contribution in [3.8, 4) is 0 Å². The Morgan fingerprint density at radius 1 is 0.862 bits per heavy atom. The highest BCUT2D eigenvalue weighted by molar-refractivity contribution is 5.49. The second-order valence-electron chi connectivity index (χ2n) is 7.08. The van der Waals surface area contributed by atoms with Gasteiger partial charge in [0.2, 0.25) is 12.1 Å². The number of nitrogens with zero attached hydrogens (tertiary/aromatic N) is 2. The summed E-state index contributed by atoms with van der Waals surface area (Å²) in [6, 6.07) is -2.57. The molecule has 0 bridgehead atoms. The molecule has 0 heterocycles. The van der Waals surface area contributed by atoms with E-state index < -0.39 is 40.6 Å². The summed E-state index contributed by atoms with van der Waals surface area (Å²) in [4.78, 5) is 31.4. The number of nitro groups is 2. The maximum Gasteiger partial charge on any atom is 0.242 e. The van der Waals surface area contributed by atoms with Gasteiger partial charge in [-0.3, -0.25) is 20.2 Å². The summed E-state index contributed by atoms with van der Waals surface area (Å²) in [6.45, 7) is 1.96. The van der Waals surface area contributed by atoms with E-state index in [2.05, 4.69) is 0 Å². The largest absolute Gasteiger partial charge is 0.386 e. The minimum atomic E-state index is -1.47. The van der Waals surface area contributed by atoms with Gasteiger partial charge in [0.05, 0.1) is 0 Å². The molecule has 4 unspecified atom stereocenters. The fourth-order valence-corrected chi connectivity index (χ4v) is 2.93. The molecule has 0 aliphatic rings. The maximum atomic E-state index is 11.3. The van der Waals surface area contributed by atoms with Crippen LogP contribution in [0.25, 0.3) is 0 Å². The Morgan fingerprint density at radius 3 is 2.07 bits per heavy atom. The molecule has 29 heavy (non-hydrogen) atoms. The number of hydrogen-bond acceptors (Lipinski definition) is 7. The van der Waals surface area contributed by atoms with Crippen LogP contribution in [0.2, 0.25) is 0 Å². The van der Waals surface area contributed by atoms with Gasteiger partial charge in [0, 0.05) is 35.5 Å². The van der Waals surface area contributed by atoms with Crippen LogP contribution in [0.5, 0.6) is 0 Å². The van der Waals surface area contributed by atoms with Gasteiger partial charge < -0.3 is 15.0 Å². The average molecular weight is 414 g/mol. The fourth-order valence-electron chi connectivity index (χ4n) is 2.93. The molecule has 9 nitrogen and oxygen atoms in total. The van der Waals surface area contributed by atoms with Gasteiger partial charge in [0.1, 0.15) is 18.5 Å². The molecule has 0 spiro atoms. The summed E-state index contributed by atoms with van der Waals surface area (Å²) in [5.74, 6) is 0. The van der Waals surface area contributed by atoms with Crippen LogP contribution in [0.15, 0.2) is 24.3 Å². The minimum Gasteiger partial charge on any atom is -0.386 e. The first kappa shape index (κ1) is 26.9. The highest BCUT2D eigenvalue weighted by Crippen LogP contribution is 2.17. The van der Waals surface area contributed by atoms with Gasteiger partial charge in [-0.15, -0.1) is 0 Å². The van der Waals surface area contributed by atoms with Crippen molar-refractivity contribution in [1.29, 1.82) is 0 Å². The van der Waals surface area contributed by atoms with Gasteiger partial charge in [0.15, 0.2) is 0 Å². The standard InChI is InChI=1S/C20H34N2O7/c1-2-3-10-13-17(21(26)27)19(24)16-20(25)18(22(28)29)14-11-8-6-4-5-7-9-12-15-23/h4-5,8,11,15,17-20,24-25H,2-3,6-7,9-10,12-14,16H2,1H3/b5-4-,11-8-. The first-order valence-corrected chi connectivity index (χ1v) is 10.2. The van der Waals surface area contributed by atoms with Crippen LogP contribution < -0.4 is 0 Å². The lowest BCUT2D eigenvalue weighted by atomic mass is 9.95. The number of carbonyl (C=O) groups excluding carboxylic acids is 1. The fraction of sp³-hybridized carbons (Fsp3) is 0.750. The van der Waals surface area contributed by atoms with Crippen molar-refractivity contribution in [2.45, 2.75) is 95.4 Å². The van der Waals surface area contributed by atoms with Crippen LogP contribution in [0.4, 0.5) is 0 Å². The highest BCUT2D eigenvalue weighted by Gasteiger charge is 2.36. The number of allylic oxidation sites excluding steroid dienone is 3. The van der Waals surface area contributed by atoms with Crippen molar-refractivity contribution in [3.63, 3.8) is 0 Å². The molecule has 0 amide bonds. The quantitative estimate of drug-likeness (QED) is 0.115. The van der Waals surface area contributed by atoms with Gasteiger partial charge in [-0.2, -0.15) is 0 Å². The monoisotopic (exact) mass is 414 g/mol. The van der Waals surface area contributed by atoms with Crippen molar-refractivity contribution in [2.75, 3.05) is 0 Å². The molecule has 0 rings (SSSR count). The van der Waals surface area contributed by atoms with Crippen LogP contribution in [0, 0.1) is 20.2 Å². The van der Waals surface area contributed by atoms with Crippen molar-refractivity contribution in [1.82, 2.24) is 0 Å². The molecular formula is C20H34N2O7. The van der Waals surface area contributed by atoms with E-state index >= 15 is 0 Å². The van der Waals surface area contributed by atoms with Gasteiger partial charge in [-0.25, -0.2) is 0 Å². The molecule has 0 radical (unpaired) electrons. The Morgan fingerprint density at radius 2 is 1.48 bits per heavy atom. The average Bonchev–Trinajstić information content (AvgIpc) is 2.65. The van der Waals surface area contributed by atoms with E-state index in [1.54, 1.807) is 12.2 Å². The molecule has 4 atom stereocenters. The summed E-state index contributed by atoms with van der Waals surface area (Å²) >= 11 is 0. The zero-order valence-electron chi connectivity index (χ0n) is 17.1. The highest BCUT2D eigenvalue weighted by atomic mass is 16.6. The first-order chi connectivity index (χ1) is 13.8. The summed E-state index contributed by atoms with van der Waals surface area (Å²) in [5, 5.41) is 42.7. The Hall–Kier alpha value is -2.13. The molecule has 0 saturated heterocycles. The van der Waals surface area contributed by atoms with Crippen LogP contribution in [0.3, 0.4) is 0 Å². The number of aliphatic hydroxyl groups excluding tert-OH is 2. The van der Waals surface area contributed by atoms with E-state index in [1.807, 2.05) is 19.1 Å². The van der Waals surface area contributed by atoms with E-state index in [0.29, 0.717) is 19.3 Å². The Kier molecular flexibility index (Phi) is 15.6. The van der Waals surface area contributed by atoms with E-state index in [1.165, 1.54) is 0 Å². The lowest BCUT2D eigenvalue weighted by Gasteiger charge is -2.20. The second kappa shape index (κ2) is 16.8. The lowest BCUT2D eigenvalue weighted by Crippen LogP contribution is -2.41. The summed E-state index contributed by atoms with van der Waals surface area (Å²) in [7, 11) is 0. The molecule has 2 N–H and O–H groups in total. The predicted molar refractivity (Wildman–Crippen MR) is 110 cm³/mol. The summed E-state index contributed by atoms with van der Waals surface area (Å²) in [5.41, 5.74) is 0. The molecule has 0 aromatic heterocycles. The molecule has 0 saturated carbocycles. The molecule has 0 aliphatic heterocycles. The van der Waals surface area contributed by atoms with Crippen molar-refractivity contribution < 1.29 is 24.9 Å². The second-order valence-corrected chi connectivity index (χ2v) is 7.08.